The second-order valence-electron chi connectivity index (χ2n) is 5.77. The molecule has 0 amide bonds. The molecule has 24 heavy (non-hydrogen) atoms. The molecule has 2 rings (SSSR count). The van der Waals surface area contributed by atoms with E-state index in [0.717, 1.165) is 0 Å². The van der Waals surface area contributed by atoms with Gasteiger partial charge in [-0.3, -0.25) is 9.69 Å². The molecule has 0 spiro atoms. The Morgan fingerprint density at radius 2 is 1.92 bits per heavy atom. The van der Waals surface area contributed by atoms with Gasteiger partial charge in [-0.1, -0.05) is 6.92 Å². The van der Waals surface area contributed by atoms with E-state index in [1.807, 2.05) is 6.92 Å². The van der Waals surface area contributed by atoms with Crippen molar-refractivity contribution in [1.29, 1.82) is 0 Å². The highest BCUT2D eigenvalue weighted by Crippen LogP contribution is 2.28. The molecule has 1 aliphatic rings. The predicted octanol–water partition coefficient (Wildman–Crippen LogP) is 0.366. The van der Waals surface area contributed by atoms with Crippen molar-refractivity contribution in [3.63, 3.8) is 0 Å². The van der Waals surface area contributed by atoms with Crippen molar-refractivity contribution in [3.8, 4) is 11.5 Å². The molecule has 1 fully saturated rings. The van der Waals surface area contributed by atoms with Gasteiger partial charge in [0.1, 0.15) is 0 Å². The van der Waals surface area contributed by atoms with Crippen molar-refractivity contribution in [2.45, 2.75) is 19.1 Å². The summed E-state index contributed by atoms with van der Waals surface area (Å²) in [6, 6.07) is 4.33. The number of carbonyl (C=O) groups is 1. The van der Waals surface area contributed by atoms with Gasteiger partial charge in [0.2, 0.25) is 0 Å². The molecule has 1 aromatic rings. The summed E-state index contributed by atoms with van der Waals surface area (Å²) >= 11 is 0. The number of carbonyl (C=O) groups excluding carboxylic acids is 1. The molecule has 2 atom stereocenters. The number of likely N-dealkylation sites (N-methyl/N-ethyl adjacent to an activating group) is 1. The topological polar surface area (TPSA) is 93.1 Å². The summed E-state index contributed by atoms with van der Waals surface area (Å²) in [7, 11) is -0.255. The van der Waals surface area contributed by atoms with Crippen LogP contribution in [-0.2, 0) is 9.84 Å². The van der Waals surface area contributed by atoms with Crippen molar-refractivity contribution in [3.05, 3.63) is 23.8 Å². The SMILES string of the molecule is CCN(CC(=O)c1ccc(OC)c(OC)c1)[C@@H]1CS(=O)(=O)C[C@@H]1O. The summed E-state index contributed by atoms with van der Waals surface area (Å²) in [5.74, 6) is 0.433. The number of ether oxygens (including phenoxy) is 2. The number of Topliss-reactive ketones (excluding diaryl/α,β-unsaturated/α-hetero) is 1. The highest BCUT2D eigenvalue weighted by molar-refractivity contribution is 7.91. The third kappa shape index (κ3) is 4.06. The zero-order chi connectivity index (χ0) is 17.9. The van der Waals surface area contributed by atoms with Crippen LogP contribution in [0.2, 0.25) is 0 Å². The van der Waals surface area contributed by atoms with Crippen LogP contribution in [0, 0.1) is 0 Å². The molecule has 1 saturated heterocycles. The number of benzene rings is 1. The van der Waals surface area contributed by atoms with Gasteiger partial charge in [-0.05, 0) is 24.7 Å². The fourth-order valence-electron chi connectivity index (χ4n) is 2.91. The van der Waals surface area contributed by atoms with Crippen molar-refractivity contribution in [1.82, 2.24) is 4.90 Å². The van der Waals surface area contributed by atoms with Crippen molar-refractivity contribution >= 4 is 15.6 Å². The molecule has 8 heteroatoms. The maximum Gasteiger partial charge on any atom is 0.176 e. The van der Waals surface area contributed by atoms with Crippen molar-refractivity contribution in [2.24, 2.45) is 0 Å². The zero-order valence-corrected chi connectivity index (χ0v) is 14.9. The van der Waals surface area contributed by atoms with Gasteiger partial charge in [0.05, 0.1) is 44.4 Å². The lowest BCUT2D eigenvalue weighted by Gasteiger charge is -2.28. The lowest BCUT2D eigenvalue weighted by molar-refractivity contribution is 0.0717. The Labute approximate surface area is 142 Å². The Morgan fingerprint density at radius 1 is 1.25 bits per heavy atom. The van der Waals surface area contributed by atoms with E-state index in [4.69, 9.17) is 9.47 Å². The number of hydrogen-bond donors (Lipinski definition) is 1. The van der Waals surface area contributed by atoms with Crippen LogP contribution in [-0.4, -0.2) is 75.2 Å². The van der Waals surface area contributed by atoms with Gasteiger partial charge in [-0.25, -0.2) is 8.42 Å². The average Bonchev–Trinajstić information content (AvgIpc) is 2.84. The van der Waals surface area contributed by atoms with Crippen molar-refractivity contribution < 1.29 is 27.8 Å². The molecule has 0 aromatic heterocycles. The van der Waals surface area contributed by atoms with Crippen LogP contribution >= 0.6 is 0 Å². The summed E-state index contributed by atoms with van der Waals surface area (Å²) in [4.78, 5) is 14.2. The number of nitrogens with zero attached hydrogens (tertiary/aromatic N) is 1. The monoisotopic (exact) mass is 357 g/mol. The second-order valence-corrected chi connectivity index (χ2v) is 7.92. The molecule has 0 saturated carbocycles. The molecule has 134 valence electrons. The smallest absolute Gasteiger partial charge is 0.176 e. The molecule has 0 unspecified atom stereocenters. The van der Waals surface area contributed by atoms with E-state index in [2.05, 4.69) is 0 Å². The standard InChI is InChI=1S/C16H23NO6S/c1-4-17(12-9-24(20,21)10-14(12)19)8-13(18)11-5-6-15(22-2)16(7-11)23-3/h5-7,12,14,19H,4,8-10H2,1-3H3/t12-,14+/m1/s1. The van der Waals surface area contributed by atoms with Crippen LogP contribution in [0.3, 0.4) is 0 Å². The minimum Gasteiger partial charge on any atom is -0.493 e. The summed E-state index contributed by atoms with van der Waals surface area (Å²) < 4.78 is 33.7. The van der Waals surface area contributed by atoms with E-state index in [-0.39, 0.29) is 23.8 Å². The Morgan fingerprint density at radius 3 is 2.42 bits per heavy atom. The molecule has 1 aromatic carbocycles. The van der Waals surface area contributed by atoms with E-state index >= 15 is 0 Å². The van der Waals surface area contributed by atoms with Gasteiger partial charge < -0.3 is 14.6 Å². The van der Waals surface area contributed by atoms with Crippen LogP contribution in [0.15, 0.2) is 18.2 Å². The Hall–Kier alpha value is -1.64. The lowest BCUT2D eigenvalue weighted by atomic mass is 10.1. The maximum atomic E-state index is 12.5. The number of hydrogen-bond acceptors (Lipinski definition) is 7. The van der Waals surface area contributed by atoms with E-state index in [9.17, 15) is 18.3 Å². The zero-order valence-electron chi connectivity index (χ0n) is 14.1. The molecule has 7 nitrogen and oxygen atoms in total. The fraction of sp³-hybridized carbons (Fsp3) is 0.562. The number of rotatable bonds is 7. The summed E-state index contributed by atoms with van der Waals surface area (Å²) in [5, 5.41) is 9.99. The summed E-state index contributed by atoms with van der Waals surface area (Å²) in [6.45, 7) is 2.33. The van der Waals surface area contributed by atoms with Crippen LogP contribution in [0.25, 0.3) is 0 Å². The first-order chi connectivity index (χ1) is 11.3. The molecule has 1 aliphatic heterocycles. The largest absolute Gasteiger partial charge is 0.493 e. The number of methoxy groups -OCH3 is 2. The Bertz CT molecular complexity index is 703. The number of sulfone groups is 1. The second kappa shape index (κ2) is 7.50. The predicted molar refractivity (Wildman–Crippen MR) is 89.6 cm³/mol. The highest BCUT2D eigenvalue weighted by Gasteiger charge is 2.40. The Balaban J connectivity index is 2.15. The molecule has 0 bridgehead atoms. The van der Waals surface area contributed by atoms with Gasteiger partial charge in [0, 0.05) is 5.56 Å². The fourth-order valence-corrected chi connectivity index (χ4v) is 4.74. The normalized spacial score (nSPS) is 22.5. The van der Waals surface area contributed by atoms with Gasteiger partial charge in [-0.2, -0.15) is 0 Å². The summed E-state index contributed by atoms with van der Waals surface area (Å²) in [5.41, 5.74) is 0.446. The first-order valence-electron chi connectivity index (χ1n) is 7.69. The van der Waals surface area contributed by atoms with Crippen LogP contribution in [0.5, 0.6) is 11.5 Å². The van der Waals surface area contributed by atoms with Gasteiger partial charge in [0.25, 0.3) is 0 Å². The minimum absolute atomic E-state index is 0.0310. The molecule has 0 aliphatic carbocycles. The first-order valence-corrected chi connectivity index (χ1v) is 9.51. The number of aliphatic hydroxyl groups excluding tert-OH is 1. The van der Waals surface area contributed by atoms with E-state index in [1.165, 1.54) is 14.2 Å². The van der Waals surface area contributed by atoms with Gasteiger partial charge >= 0.3 is 0 Å². The van der Waals surface area contributed by atoms with Crippen LogP contribution in [0.1, 0.15) is 17.3 Å². The van der Waals surface area contributed by atoms with Crippen molar-refractivity contribution in [2.75, 3.05) is 38.8 Å². The average molecular weight is 357 g/mol. The lowest BCUT2D eigenvalue weighted by Crippen LogP contribution is -2.45. The van der Waals surface area contributed by atoms with Gasteiger partial charge in [-0.15, -0.1) is 0 Å². The maximum absolute atomic E-state index is 12.5. The molecular formula is C16H23NO6S. The van der Waals surface area contributed by atoms with E-state index in [1.54, 1.807) is 23.1 Å². The molecule has 1 heterocycles. The minimum atomic E-state index is -3.26. The van der Waals surface area contributed by atoms with E-state index < -0.39 is 22.0 Å². The van der Waals surface area contributed by atoms with Crippen LogP contribution in [0.4, 0.5) is 0 Å². The Kier molecular flexibility index (Phi) is 5.84. The molecular weight excluding hydrogens is 334 g/mol. The van der Waals surface area contributed by atoms with Gasteiger partial charge in [0.15, 0.2) is 27.1 Å². The number of ketones is 1. The molecule has 0 radical (unpaired) electrons. The third-order valence-corrected chi connectivity index (χ3v) is 5.92. The number of aliphatic hydroxyl groups is 1. The quantitative estimate of drug-likeness (QED) is 0.705. The van der Waals surface area contributed by atoms with E-state index in [0.29, 0.717) is 23.6 Å². The molecule has 1 N–H and O–H groups in total. The first kappa shape index (κ1) is 18.7. The third-order valence-electron chi connectivity index (χ3n) is 4.22. The van der Waals surface area contributed by atoms with Crippen LogP contribution < -0.4 is 9.47 Å². The summed E-state index contributed by atoms with van der Waals surface area (Å²) in [6.07, 6.45) is -0.965. The highest BCUT2D eigenvalue weighted by atomic mass is 32.2.